The molecule has 0 amide bonds. The van der Waals surface area contributed by atoms with E-state index in [1.54, 1.807) is 23.7 Å². The molecule has 1 aromatic carbocycles. The van der Waals surface area contributed by atoms with Crippen molar-refractivity contribution in [1.82, 2.24) is 15.0 Å². The standard InChI is InChI=1S/C23H23N5O4S2/c29-34(30,31)12-7-16-1-3-17(4-2-16)19-15-33-20-14-25-23(27-22(19)20)26-18-5-6-21(24-13-18)28-8-10-32-11-9-28/h1-6,13-15H,7-12H2,(H,25,26,27)(H,29,30,31)/p-1. The maximum Gasteiger partial charge on any atom is 0.227 e. The van der Waals surface area contributed by atoms with Crippen LogP contribution in [0.2, 0.25) is 0 Å². The lowest BCUT2D eigenvalue weighted by Gasteiger charge is -2.27. The molecule has 5 rings (SSSR count). The number of thiophene rings is 1. The average molecular weight is 497 g/mol. The van der Waals surface area contributed by atoms with Gasteiger partial charge >= 0.3 is 0 Å². The number of nitrogens with zero attached hydrogens (tertiary/aromatic N) is 4. The van der Waals surface area contributed by atoms with E-state index in [1.165, 1.54) is 0 Å². The van der Waals surface area contributed by atoms with Gasteiger partial charge in [0.15, 0.2) is 0 Å². The summed E-state index contributed by atoms with van der Waals surface area (Å²) in [5, 5.41) is 5.25. The number of ether oxygens (including phenoxy) is 1. The highest BCUT2D eigenvalue weighted by Crippen LogP contribution is 2.33. The zero-order chi connectivity index (χ0) is 23.5. The molecule has 1 aliphatic rings. The highest BCUT2D eigenvalue weighted by Gasteiger charge is 2.13. The van der Waals surface area contributed by atoms with E-state index in [2.05, 4.69) is 20.2 Å². The number of morpholine rings is 1. The van der Waals surface area contributed by atoms with E-state index < -0.39 is 15.9 Å². The van der Waals surface area contributed by atoms with E-state index in [1.807, 2.05) is 41.8 Å². The van der Waals surface area contributed by atoms with Crippen molar-refractivity contribution < 1.29 is 17.7 Å². The lowest BCUT2D eigenvalue weighted by Crippen LogP contribution is -2.36. The Bertz CT molecular complexity index is 1380. The zero-order valence-corrected chi connectivity index (χ0v) is 19.8. The minimum absolute atomic E-state index is 0.200. The normalized spacial score (nSPS) is 14.4. The van der Waals surface area contributed by atoms with Gasteiger partial charge in [-0.3, -0.25) is 0 Å². The topological polar surface area (TPSA) is 120 Å². The van der Waals surface area contributed by atoms with Crippen LogP contribution in [0.25, 0.3) is 21.3 Å². The molecule has 4 heterocycles. The van der Waals surface area contributed by atoms with Crippen molar-refractivity contribution in [2.45, 2.75) is 6.42 Å². The SMILES string of the molecule is O=S(=O)([O-])CCc1ccc(-c2csc3cnc(Nc4ccc(N5CCOCC5)nc4)nc23)cc1. The fraction of sp³-hybridized carbons (Fsp3) is 0.261. The first kappa shape index (κ1) is 22.7. The summed E-state index contributed by atoms with van der Waals surface area (Å²) in [5.41, 5.74) is 4.35. The maximum atomic E-state index is 10.9. The molecule has 176 valence electrons. The Morgan fingerprint density at radius 1 is 1.06 bits per heavy atom. The Morgan fingerprint density at radius 3 is 2.56 bits per heavy atom. The second-order valence-electron chi connectivity index (χ2n) is 7.89. The summed E-state index contributed by atoms with van der Waals surface area (Å²) in [6.45, 7) is 3.09. The monoisotopic (exact) mass is 496 g/mol. The molecule has 0 bridgehead atoms. The van der Waals surface area contributed by atoms with Crippen molar-refractivity contribution in [3.63, 3.8) is 0 Å². The number of aromatic nitrogens is 3. The van der Waals surface area contributed by atoms with Gasteiger partial charge in [-0.1, -0.05) is 24.3 Å². The number of benzene rings is 1. The van der Waals surface area contributed by atoms with Crippen molar-refractivity contribution in [3.05, 3.63) is 59.7 Å². The van der Waals surface area contributed by atoms with Crippen molar-refractivity contribution in [2.75, 3.05) is 42.3 Å². The Balaban J connectivity index is 1.33. The van der Waals surface area contributed by atoms with Gasteiger partial charge in [0.2, 0.25) is 5.95 Å². The third kappa shape index (κ3) is 5.33. The minimum Gasteiger partial charge on any atom is -0.748 e. The number of rotatable bonds is 7. The molecule has 9 nitrogen and oxygen atoms in total. The van der Waals surface area contributed by atoms with Crippen LogP contribution in [0, 0.1) is 0 Å². The summed E-state index contributed by atoms with van der Waals surface area (Å²) in [7, 11) is -4.23. The van der Waals surface area contributed by atoms with E-state index in [4.69, 9.17) is 9.72 Å². The molecule has 1 fully saturated rings. The third-order valence-corrected chi connectivity index (χ3v) is 7.17. The van der Waals surface area contributed by atoms with Crippen molar-refractivity contribution >= 4 is 49.1 Å². The number of fused-ring (bicyclic) bond motifs is 1. The van der Waals surface area contributed by atoms with Gasteiger partial charge in [-0.25, -0.2) is 23.4 Å². The first-order valence-corrected chi connectivity index (χ1v) is 13.2. The van der Waals surface area contributed by atoms with Crippen LogP contribution < -0.4 is 10.2 Å². The van der Waals surface area contributed by atoms with Crippen molar-refractivity contribution in [3.8, 4) is 11.1 Å². The quantitative estimate of drug-likeness (QED) is 0.384. The summed E-state index contributed by atoms with van der Waals surface area (Å²) >= 11 is 1.56. The average Bonchev–Trinajstić information content (AvgIpc) is 3.27. The number of hydrogen-bond acceptors (Lipinski definition) is 10. The summed E-state index contributed by atoms with van der Waals surface area (Å²) < 4.78 is 39.0. The predicted octanol–water partition coefficient (Wildman–Crippen LogP) is 3.42. The molecule has 0 radical (unpaired) electrons. The number of nitrogens with one attached hydrogen (secondary N) is 1. The number of pyridine rings is 1. The molecule has 1 saturated heterocycles. The highest BCUT2D eigenvalue weighted by molar-refractivity contribution is 7.85. The summed E-state index contributed by atoms with van der Waals surface area (Å²) in [5.74, 6) is 0.991. The van der Waals surface area contributed by atoms with Gasteiger partial charge in [-0.05, 0) is 29.7 Å². The molecular formula is C23H22N5O4S2-. The van der Waals surface area contributed by atoms with Crippen LogP contribution in [0.15, 0.2) is 54.2 Å². The van der Waals surface area contributed by atoms with Gasteiger partial charge in [-0.2, -0.15) is 0 Å². The Kier molecular flexibility index (Phi) is 6.42. The van der Waals surface area contributed by atoms with Crippen LogP contribution in [0.3, 0.4) is 0 Å². The lowest BCUT2D eigenvalue weighted by atomic mass is 10.0. The second kappa shape index (κ2) is 9.63. The number of hydrogen-bond donors (Lipinski definition) is 1. The summed E-state index contributed by atoms with van der Waals surface area (Å²) in [6.07, 6.45) is 3.76. The molecule has 11 heteroatoms. The van der Waals surface area contributed by atoms with E-state index in [0.29, 0.717) is 19.2 Å². The molecule has 1 N–H and O–H groups in total. The van der Waals surface area contributed by atoms with Crippen LogP contribution in [-0.2, 0) is 21.3 Å². The third-order valence-electron chi connectivity index (χ3n) is 5.56. The molecular weight excluding hydrogens is 474 g/mol. The molecule has 3 aromatic heterocycles. The molecule has 4 aromatic rings. The van der Waals surface area contributed by atoms with E-state index in [0.717, 1.165) is 51.5 Å². The molecule has 0 saturated carbocycles. The largest absolute Gasteiger partial charge is 0.748 e. The molecule has 1 aliphatic heterocycles. The fourth-order valence-corrected chi connectivity index (χ4v) is 5.11. The first-order chi connectivity index (χ1) is 16.4. The van der Waals surface area contributed by atoms with E-state index in [-0.39, 0.29) is 6.42 Å². The molecule has 0 aliphatic carbocycles. The molecule has 34 heavy (non-hydrogen) atoms. The van der Waals surface area contributed by atoms with Gasteiger partial charge in [0.25, 0.3) is 0 Å². The maximum absolute atomic E-state index is 10.9. The Hall–Kier alpha value is -3.12. The van der Waals surface area contributed by atoms with Crippen molar-refractivity contribution in [2.24, 2.45) is 0 Å². The van der Waals surface area contributed by atoms with Crippen molar-refractivity contribution in [1.29, 1.82) is 0 Å². The van der Waals surface area contributed by atoms with Gasteiger partial charge < -0.3 is 19.5 Å². The highest BCUT2D eigenvalue weighted by atomic mass is 32.2. The zero-order valence-electron chi connectivity index (χ0n) is 18.2. The van der Waals surface area contributed by atoms with Crippen LogP contribution in [0.5, 0.6) is 0 Å². The number of anilines is 3. The van der Waals surface area contributed by atoms with Gasteiger partial charge in [0.05, 0.1) is 51.6 Å². The number of aryl methyl sites for hydroxylation is 1. The van der Waals surface area contributed by atoms with Crippen LogP contribution in [0.4, 0.5) is 17.5 Å². The minimum atomic E-state index is -4.23. The Morgan fingerprint density at radius 2 is 1.85 bits per heavy atom. The Labute approximate surface area is 201 Å². The van der Waals surface area contributed by atoms with Gasteiger partial charge in [0.1, 0.15) is 5.82 Å². The summed E-state index contributed by atoms with van der Waals surface area (Å²) in [6, 6.07) is 11.4. The summed E-state index contributed by atoms with van der Waals surface area (Å²) in [4.78, 5) is 15.9. The predicted molar refractivity (Wildman–Crippen MR) is 132 cm³/mol. The van der Waals surface area contributed by atoms with Gasteiger partial charge in [-0.15, -0.1) is 11.3 Å². The van der Waals surface area contributed by atoms with Gasteiger partial charge in [0, 0.05) is 29.8 Å². The smallest absolute Gasteiger partial charge is 0.227 e. The van der Waals surface area contributed by atoms with Crippen LogP contribution >= 0.6 is 11.3 Å². The molecule has 0 spiro atoms. The first-order valence-electron chi connectivity index (χ1n) is 10.8. The molecule has 0 atom stereocenters. The van der Waals surface area contributed by atoms with E-state index >= 15 is 0 Å². The fourth-order valence-electron chi connectivity index (χ4n) is 3.76. The second-order valence-corrected chi connectivity index (χ2v) is 10.3. The van der Waals surface area contributed by atoms with E-state index in [9.17, 15) is 13.0 Å². The lowest BCUT2D eigenvalue weighted by molar-refractivity contribution is 0.122. The van der Waals surface area contributed by atoms with Crippen LogP contribution in [-0.4, -0.2) is 60.0 Å². The van der Waals surface area contributed by atoms with Crippen LogP contribution in [0.1, 0.15) is 5.56 Å². The molecule has 0 unspecified atom stereocenters.